The number of fused-ring (bicyclic) bond motifs is 3. The first kappa shape index (κ1) is 24.3. The van der Waals surface area contributed by atoms with Crippen LogP contribution in [0.2, 0.25) is 0 Å². The Kier molecular flexibility index (Phi) is 6.56. The van der Waals surface area contributed by atoms with Gasteiger partial charge in [-0.15, -0.1) is 0 Å². The van der Waals surface area contributed by atoms with E-state index >= 15 is 0 Å². The van der Waals surface area contributed by atoms with Crippen LogP contribution in [-0.2, 0) is 16.0 Å². The van der Waals surface area contributed by atoms with Crippen molar-refractivity contribution in [2.24, 2.45) is 5.92 Å². The third-order valence-electron chi connectivity index (χ3n) is 6.10. The Balaban J connectivity index is 1.80. The minimum atomic E-state index is -1.11. The number of nitrogens with one attached hydrogen (secondary N) is 1. The van der Waals surface area contributed by atoms with E-state index in [0.29, 0.717) is 34.5 Å². The molecule has 1 atom stereocenters. The Labute approximate surface area is 202 Å². The molecule has 0 unspecified atom stereocenters. The molecule has 8 nitrogen and oxygen atoms in total. The van der Waals surface area contributed by atoms with Gasteiger partial charge in [-0.1, -0.05) is 44.2 Å². The molecule has 2 heterocycles. The average molecular weight is 480 g/mol. The molecule has 1 aromatic heterocycles. The minimum absolute atomic E-state index is 0.296. The van der Waals surface area contributed by atoms with Crippen molar-refractivity contribution in [2.45, 2.75) is 52.2 Å². The van der Waals surface area contributed by atoms with E-state index in [1.54, 1.807) is 19.9 Å². The second-order valence-electron chi connectivity index (χ2n) is 9.68. The molecule has 2 aromatic carbocycles. The molecule has 0 bridgehead atoms. The third-order valence-corrected chi connectivity index (χ3v) is 6.10. The summed E-state index contributed by atoms with van der Waals surface area (Å²) in [6.07, 6.45) is 1.39. The summed E-state index contributed by atoms with van der Waals surface area (Å²) in [4.78, 5) is 36.6. The number of hydrogen-bond acceptors (Lipinski definition) is 6. The summed E-state index contributed by atoms with van der Waals surface area (Å²) in [5, 5.41) is 12.4. The summed E-state index contributed by atoms with van der Waals surface area (Å²) >= 11 is 0. The lowest BCUT2D eigenvalue weighted by molar-refractivity contribution is -0.143. The van der Waals surface area contributed by atoms with Gasteiger partial charge in [0.05, 0.1) is 5.39 Å². The highest BCUT2D eigenvalue weighted by Gasteiger charge is 2.31. The molecule has 0 radical (unpaired) electrons. The van der Waals surface area contributed by atoms with E-state index < -0.39 is 35.8 Å². The van der Waals surface area contributed by atoms with Crippen LogP contribution in [0.4, 0.5) is 0 Å². The van der Waals surface area contributed by atoms with E-state index in [4.69, 9.17) is 13.9 Å². The maximum atomic E-state index is 12.6. The van der Waals surface area contributed by atoms with Gasteiger partial charge in [-0.05, 0) is 38.2 Å². The van der Waals surface area contributed by atoms with E-state index in [1.807, 2.05) is 44.2 Å². The molecular weight excluding hydrogens is 450 g/mol. The monoisotopic (exact) mass is 479 g/mol. The lowest BCUT2D eigenvalue weighted by atomic mass is 9.91. The van der Waals surface area contributed by atoms with Crippen molar-refractivity contribution in [3.63, 3.8) is 0 Å². The van der Waals surface area contributed by atoms with E-state index in [2.05, 4.69) is 5.32 Å². The number of carboxylic acids is 1. The zero-order valence-electron chi connectivity index (χ0n) is 20.2. The molecule has 0 saturated heterocycles. The van der Waals surface area contributed by atoms with Crippen molar-refractivity contribution in [3.8, 4) is 22.6 Å². The van der Waals surface area contributed by atoms with Crippen molar-refractivity contribution in [3.05, 3.63) is 58.4 Å². The first-order chi connectivity index (χ1) is 16.6. The summed E-state index contributed by atoms with van der Waals surface area (Å²) in [6, 6.07) is 11.5. The molecule has 3 aromatic rings. The SMILES string of the molecule is CC(C)[C@@H](NC(=O)COc1cc2c(c3oc(=O)cc(-c4ccccc4)c13)CCC(C)(C)O2)C(=O)O. The number of aryl methyl sites for hydroxylation is 1. The predicted octanol–water partition coefficient (Wildman–Crippen LogP) is 4.17. The first-order valence-corrected chi connectivity index (χ1v) is 11.6. The van der Waals surface area contributed by atoms with Gasteiger partial charge in [0.25, 0.3) is 5.91 Å². The van der Waals surface area contributed by atoms with Gasteiger partial charge in [-0.2, -0.15) is 0 Å². The average Bonchev–Trinajstić information content (AvgIpc) is 2.79. The van der Waals surface area contributed by atoms with Crippen LogP contribution in [0.5, 0.6) is 11.5 Å². The van der Waals surface area contributed by atoms with Gasteiger partial charge in [0.1, 0.15) is 28.7 Å². The van der Waals surface area contributed by atoms with Crippen LogP contribution in [-0.4, -0.2) is 35.2 Å². The molecule has 35 heavy (non-hydrogen) atoms. The van der Waals surface area contributed by atoms with Gasteiger partial charge < -0.3 is 24.3 Å². The quantitative estimate of drug-likeness (QED) is 0.489. The number of carbonyl (C=O) groups excluding carboxylic acids is 1. The minimum Gasteiger partial charge on any atom is -0.487 e. The number of rotatable bonds is 7. The molecule has 0 fully saturated rings. The summed E-state index contributed by atoms with van der Waals surface area (Å²) in [6.45, 7) is 6.96. The number of carboxylic acid groups (broad SMARTS) is 1. The van der Waals surface area contributed by atoms with Gasteiger partial charge in [0.15, 0.2) is 6.61 Å². The van der Waals surface area contributed by atoms with E-state index in [0.717, 1.165) is 17.5 Å². The van der Waals surface area contributed by atoms with Crippen molar-refractivity contribution in [1.29, 1.82) is 0 Å². The van der Waals surface area contributed by atoms with Crippen molar-refractivity contribution >= 4 is 22.8 Å². The molecule has 0 aliphatic carbocycles. The molecular formula is C27H29NO7. The van der Waals surface area contributed by atoms with Crippen LogP contribution in [0.25, 0.3) is 22.1 Å². The number of hydrogen-bond donors (Lipinski definition) is 2. The number of amides is 1. The second kappa shape index (κ2) is 9.44. The normalized spacial score (nSPS) is 15.2. The maximum absolute atomic E-state index is 12.6. The largest absolute Gasteiger partial charge is 0.487 e. The third kappa shape index (κ3) is 5.16. The number of aliphatic carboxylic acids is 1. The molecule has 1 aliphatic rings. The Hall–Kier alpha value is -3.81. The summed E-state index contributed by atoms with van der Waals surface area (Å²) in [5.41, 5.74) is 1.63. The standard InChI is InChI=1S/C27H29NO7/c1-15(2)24(26(31)32)28-21(29)14-33-20-13-19-17(10-11-27(3,4)35-19)25-23(20)18(12-22(30)34-25)16-8-6-5-7-9-16/h5-9,12-13,15,24H,10-11,14H2,1-4H3,(H,28,29)(H,31,32)/t24-/m1/s1. The van der Waals surface area contributed by atoms with Crippen LogP contribution in [0.1, 0.15) is 39.7 Å². The van der Waals surface area contributed by atoms with Crippen molar-refractivity contribution in [1.82, 2.24) is 5.32 Å². The molecule has 0 spiro atoms. The van der Waals surface area contributed by atoms with Gasteiger partial charge in [-0.25, -0.2) is 9.59 Å². The van der Waals surface area contributed by atoms with Gasteiger partial charge >= 0.3 is 11.6 Å². The summed E-state index contributed by atoms with van der Waals surface area (Å²) < 4.78 is 17.8. The highest BCUT2D eigenvalue weighted by molar-refractivity contribution is 6.00. The fourth-order valence-electron chi connectivity index (χ4n) is 4.27. The molecule has 0 saturated carbocycles. The number of ether oxygens (including phenoxy) is 2. The topological polar surface area (TPSA) is 115 Å². The molecule has 1 amide bonds. The fourth-order valence-corrected chi connectivity index (χ4v) is 4.27. The molecule has 4 rings (SSSR count). The Bertz CT molecular complexity index is 1320. The van der Waals surface area contributed by atoms with Crippen LogP contribution in [0.15, 0.2) is 51.7 Å². The highest BCUT2D eigenvalue weighted by atomic mass is 16.5. The van der Waals surface area contributed by atoms with E-state index in [-0.39, 0.29) is 5.92 Å². The summed E-state index contributed by atoms with van der Waals surface area (Å²) in [5.74, 6) is -1.14. The lowest BCUT2D eigenvalue weighted by Gasteiger charge is -2.33. The molecule has 1 aliphatic heterocycles. The van der Waals surface area contributed by atoms with Crippen LogP contribution < -0.4 is 20.4 Å². The fraction of sp³-hybridized carbons (Fsp3) is 0.370. The molecule has 8 heteroatoms. The second-order valence-corrected chi connectivity index (χ2v) is 9.68. The van der Waals surface area contributed by atoms with Crippen LogP contribution in [0.3, 0.4) is 0 Å². The Morgan fingerprint density at radius 1 is 1.17 bits per heavy atom. The molecule has 184 valence electrons. The van der Waals surface area contributed by atoms with Gasteiger partial charge in [0.2, 0.25) is 0 Å². The molecule has 2 N–H and O–H groups in total. The maximum Gasteiger partial charge on any atom is 0.336 e. The van der Waals surface area contributed by atoms with E-state index in [9.17, 15) is 19.5 Å². The van der Waals surface area contributed by atoms with Crippen LogP contribution in [0, 0.1) is 5.92 Å². The Morgan fingerprint density at radius 2 is 1.89 bits per heavy atom. The lowest BCUT2D eigenvalue weighted by Crippen LogP contribution is -2.46. The van der Waals surface area contributed by atoms with Crippen molar-refractivity contribution in [2.75, 3.05) is 6.61 Å². The first-order valence-electron chi connectivity index (χ1n) is 11.6. The zero-order valence-corrected chi connectivity index (χ0v) is 20.2. The van der Waals surface area contributed by atoms with Gasteiger partial charge in [0, 0.05) is 23.3 Å². The Morgan fingerprint density at radius 3 is 2.54 bits per heavy atom. The predicted molar refractivity (Wildman–Crippen MR) is 131 cm³/mol. The van der Waals surface area contributed by atoms with Gasteiger partial charge in [-0.3, -0.25) is 4.79 Å². The number of benzene rings is 2. The van der Waals surface area contributed by atoms with Crippen LogP contribution >= 0.6 is 0 Å². The van der Waals surface area contributed by atoms with E-state index in [1.165, 1.54) is 6.07 Å². The number of carbonyl (C=O) groups is 2. The zero-order chi connectivity index (χ0) is 25.3. The summed E-state index contributed by atoms with van der Waals surface area (Å²) in [7, 11) is 0. The highest BCUT2D eigenvalue weighted by Crippen LogP contribution is 2.44. The van der Waals surface area contributed by atoms with Crippen molar-refractivity contribution < 1.29 is 28.6 Å². The smallest absolute Gasteiger partial charge is 0.336 e.